The molecule has 3 heterocycles. The lowest BCUT2D eigenvalue weighted by atomic mass is 9.87. The molecule has 222 valence electrons. The summed E-state index contributed by atoms with van der Waals surface area (Å²) < 4.78 is 27.6. The first-order valence-corrected chi connectivity index (χ1v) is 13.5. The maximum absolute atomic E-state index is 13.7. The number of rotatable bonds is 12. The lowest BCUT2D eigenvalue weighted by molar-refractivity contribution is 0.0378. The van der Waals surface area contributed by atoms with E-state index in [1.807, 2.05) is 12.1 Å². The van der Waals surface area contributed by atoms with Gasteiger partial charge in [-0.3, -0.25) is 9.69 Å². The van der Waals surface area contributed by atoms with Gasteiger partial charge in [-0.05, 0) is 48.2 Å². The molecular weight excluding hydrogens is 530 g/mol. The quantitative estimate of drug-likeness (QED) is 0.250. The lowest BCUT2D eigenvalue weighted by Crippen LogP contribution is -2.37. The van der Waals surface area contributed by atoms with E-state index in [0.29, 0.717) is 24.0 Å². The second kappa shape index (κ2) is 13.6. The fraction of sp³-hybridized carbons (Fsp3) is 0.483. The fourth-order valence-electron chi connectivity index (χ4n) is 4.28. The highest BCUT2D eigenvalue weighted by molar-refractivity contribution is 6.04. The van der Waals surface area contributed by atoms with Gasteiger partial charge in [-0.15, -0.1) is 5.06 Å². The van der Waals surface area contributed by atoms with Crippen molar-refractivity contribution in [3.8, 4) is 23.3 Å². The average Bonchev–Trinajstić information content (AvgIpc) is 3.52. The van der Waals surface area contributed by atoms with Crippen molar-refractivity contribution in [3.05, 3.63) is 47.9 Å². The molecule has 0 bridgehead atoms. The summed E-state index contributed by atoms with van der Waals surface area (Å²) in [6.07, 6.45) is 2.28. The molecule has 1 aromatic carbocycles. The van der Waals surface area contributed by atoms with Gasteiger partial charge in [0.2, 0.25) is 23.4 Å². The van der Waals surface area contributed by atoms with Crippen molar-refractivity contribution in [1.29, 1.82) is 0 Å². The molecule has 0 spiro atoms. The number of hydrogen-bond donors (Lipinski definition) is 1. The highest BCUT2D eigenvalue weighted by Crippen LogP contribution is 2.40. The number of morpholine rings is 1. The Balaban J connectivity index is 1.66. The molecule has 12 nitrogen and oxygen atoms in total. The first kappa shape index (κ1) is 29.9. The van der Waals surface area contributed by atoms with Crippen LogP contribution >= 0.6 is 0 Å². The third-order valence-electron chi connectivity index (χ3n) is 6.58. The highest BCUT2D eigenvalue weighted by atomic mass is 16.7. The summed E-state index contributed by atoms with van der Waals surface area (Å²) in [5, 5.41) is 4.23. The van der Waals surface area contributed by atoms with Crippen LogP contribution in [0.4, 0.5) is 11.6 Å². The zero-order chi connectivity index (χ0) is 29.4. The Morgan fingerprint density at radius 2 is 1.73 bits per heavy atom. The maximum atomic E-state index is 13.7. The number of anilines is 2. The predicted molar refractivity (Wildman–Crippen MR) is 153 cm³/mol. The van der Waals surface area contributed by atoms with Crippen LogP contribution in [0.3, 0.4) is 0 Å². The number of carbonyl (C=O) groups is 1. The second-order valence-electron chi connectivity index (χ2n) is 10.4. The molecule has 41 heavy (non-hydrogen) atoms. The number of hydroxylamine groups is 1. The molecule has 1 N–H and O–H groups in total. The molecule has 1 amide bonds. The van der Waals surface area contributed by atoms with Crippen LogP contribution in [0.5, 0.6) is 23.3 Å². The normalized spacial score (nSPS) is 13.9. The van der Waals surface area contributed by atoms with E-state index in [9.17, 15) is 4.79 Å². The molecule has 3 aromatic rings. The van der Waals surface area contributed by atoms with Gasteiger partial charge in [0, 0.05) is 19.6 Å². The smallest absolute Gasteiger partial charge is 0.327 e. The molecule has 0 radical (unpaired) electrons. The van der Waals surface area contributed by atoms with Crippen LogP contribution in [0, 0.1) is 0 Å². The van der Waals surface area contributed by atoms with Gasteiger partial charge in [0.25, 0.3) is 0 Å². The Hall–Kier alpha value is -4.03. The maximum Gasteiger partial charge on any atom is 0.327 e. The number of amides is 1. The van der Waals surface area contributed by atoms with Crippen molar-refractivity contribution in [2.24, 2.45) is 0 Å². The van der Waals surface area contributed by atoms with Gasteiger partial charge in [-0.2, -0.15) is 9.97 Å². The topological polar surface area (TPSA) is 121 Å². The van der Waals surface area contributed by atoms with Gasteiger partial charge >= 0.3 is 5.91 Å². The van der Waals surface area contributed by atoms with Crippen LogP contribution in [0.15, 0.2) is 41.0 Å². The van der Waals surface area contributed by atoms with Crippen molar-refractivity contribution < 1.29 is 33.0 Å². The molecule has 0 unspecified atom stereocenters. The molecule has 1 saturated heterocycles. The fourth-order valence-corrected chi connectivity index (χ4v) is 4.28. The van der Waals surface area contributed by atoms with Crippen LogP contribution in [0.25, 0.3) is 0 Å². The predicted octanol–water partition coefficient (Wildman–Crippen LogP) is 4.17. The minimum Gasteiger partial charge on any atom is -0.493 e. The van der Waals surface area contributed by atoms with Crippen molar-refractivity contribution in [2.45, 2.75) is 32.6 Å². The Bertz CT molecular complexity index is 1260. The number of nitrogens with one attached hydrogen (secondary N) is 1. The monoisotopic (exact) mass is 569 g/mol. The molecule has 0 aliphatic carbocycles. The Morgan fingerprint density at radius 3 is 2.32 bits per heavy atom. The zero-order valence-electron chi connectivity index (χ0n) is 24.6. The van der Waals surface area contributed by atoms with Crippen LogP contribution in [-0.2, 0) is 10.2 Å². The van der Waals surface area contributed by atoms with Crippen LogP contribution in [0.1, 0.15) is 43.3 Å². The SMILES string of the molecule is COc1ccc(C(C)(C)C)cc1ON(C(=O)c1ccco1)c1c(OC)nc(NCCCN2CCOCC2)nc1OC. The summed E-state index contributed by atoms with van der Waals surface area (Å²) in [6, 6.07) is 8.72. The zero-order valence-corrected chi connectivity index (χ0v) is 24.6. The Kier molecular flexibility index (Phi) is 9.90. The van der Waals surface area contributed by atoms with E-state index < -0.39 is 5.91 Å². The first-order valence-electron chi connectivity index (χ1n) is 13.5. The molecule has 0 atom stereocenters. The van der Waals surface area contributed by atoms with Crippen molar-refractivity contribution in [2.75, 3.05) is 71.1 Å². The molecule has 0 saturated carbocycles. The summed E-state index contributed by atoms with van der Waals surface area (Å²) in [5.74, 6) is 0.566. The van der Waals surface area contributed by atoms with E-state index >= 15 is 0 Å². The molecular formula is C29H39N5O7. The number of furan rings is 1. The number of nitrogens with zero attached hydrogens (tertiary/aromatic N) is 4. The summed E-state index contributed by atoms with van der Waals surface area (Å²) in [4.78, 5) is 31.4. The van der Waals surface area contributed by atoms with Crippen molar-refractivity contribution in [3.63, 3.8) is 0 Å². The van der Waals surface area contributed by atoms with Crippen LogP contribution in [-0.4, -0.2) is 81.5 Å². The van der Waals surface area contributed by atoms with E-state index in [1.54, 1.807) is 12.1 Å². The largest absolute Gasteiger partial charge is 0.493 e. The van der Waals surface area contributed by atoms with Crippen molar-refractivity contribution in [1.82, 2.24) is 14.9 Å². The summed E-state index contributed by atoms with van der Waals surface area (Å²) in [6.45, 7) is 11.2. The standard InChI is InChI=1S/C29H39N5O7/c1-29(2,3)20-10-11-21(36-4)23(19-20)41-34(27(35)22-9-7-16-40-22)24-25(37-5)31-28(32-26(24)38-6)30-12-8-13-33-14-17-39-18-15-33/h7,9-11,16,19H,8,12-15,17-18H2,1-6H3,(H,30,31,32). The number of methoxy groups -OCH3 is 3. The number of ether oxygens (including phenoxy) is 4. The molecule has 12 heteroatoms. The van der Waals surface area contributed by atoms with Gasteiger partial charge < -0.3 is 33.5 Å². The molecule has 1 aliphatic rings. The van der Waals surface area contributed by atoms with Gasteiger partial charge in [-0.25, -0.2) is 0 Å². The third kappa shape index (κ3) is 7.39. The van der Waals surface area contributed by atoms with E-state index in [1.165, 1.54) is 33.7 Å². The summed E-state index contributed by atoms with van der Waals surface area (Å²) in [5.41, 5.74) is 0.859. The van der Waals surface area contributed by atoms with E-state index in [-0.39, 0.29) is 28.6 Å². The number of hydrogen-bond acceptors (Lipinski definition) is 11. The van der Waals surface area contributed by atoms with E-state index in [4.69, 9.17) is 28.2 Å². The Morgan fingerprint density at radius 1 is 1.02 bits per heavy atom. The third-order valence-corrected chi connectivity index (χ3v) is 6.58. The molecule has 1 aliphatic heterocycles. The van der Waals surface area contributed by atoms with E-state index in [0.717, 1.165) is 49.9 Å². The van der Waals surface area contributed by atoms with Gasteiger partial charge in [-0.1, -0.05) is 26.8 Å². The summed E-state index contributed by atoms with van der Waals surface area (Å²) in [7, 11) is 4.43. The second-order valence-corrected chi connectivity index (χ2v) is 10.4. The minimum atomic E-state index is -0.621. The van der Waals surface area contributed by atoms with Gasteiger partial charge in [0.15, 0.2) is 17.3 Å². The number of aromatic nitrogens is 2. The number of benzene rings is 1. The van der Waals surface area contributed by atoms with E-state index in [2.05, 4.69) is 41.0 Å². The number of carbonyl (C=O) groups excluding carboxylic acids is 1. The lowest BCUT2D eigenvalue weighted by Gasteiger charge is -2.27. The molecule has 1 fully saturated rings. The first-order chi connectivity index (χ1) is 19.7. The highest BCUT2D eigenvalue weighted by Gasteiger charge is 2.33. The Labute approximate surface area is 240 Å². The van der Waals surface area contributed by atoms with Crippen LogP contribution < -0.4 is 29.4 Å². The molecule has 2 aromatic heterocycles. The van der Waals surface area contributed by atoms with Gasteiger partial charge in [0.05, 0.1) is 40.8 Å². The average molecular weight is 570 g/mol. The molecule has 4 rings (SSSR count). The van der Waals surface area contributed by atoms with Gasteiger partial charge in [0.1, 0.15) is 0 Å². The minimum absolute atomic E-state index is 0.0327. The summed E-state index contributed by atoms with van der Waals surface area (Å²) >= 11 is 0. The van der Waals surface area contributed by atoms with Crippen molar-refractivity contribution >= 4 is 17.5 Å². The van der Waals surface area contributed by atoms with Crippen LogP contribution in [0.2, 0.25) is 0 Å².